The monoisotopic (exact) mass is 370 g/mol. The molecule has 0 aliphatic heterocycles. The zero-order chi connectivity index (χ0) is 19.2. The largest absolute Gasteiger partial charge is 0.383 e. The van der Waals surface area contributed by atoms with Crippen LogP contribution in [0, 0.1) is 0 Å². The molecular formula is C21H26N2O4. The van der Waals surface area contributed by atoms with E-state index >= 15 is 0 Å². The van der Waals surface area contributed by atoms with Crippen molar-refractivity contribution in [1.82, 2.24) is 5.32 Å². The average molecular weight is 370 g/mol. The molecule has 2 N–H and O–H groups in total. The van der Waals surface area contributed by atoms with Crippen molar-refractivity contribution in [1.29, 1.82) is 0 Å². The summed E-state index contributed by atoms with van der Waals surface area (Å²) in [5.74, 6) is 0. The molecule has 0 unspecified atom stereocenters. The van der Waals surface area contributed by atoms with Crippen LogP contribution in [0.15, 0.2) is 48.5 Å². The number of hydrogen-bond acceptors (Lipinski definition) is 6. The third-order valence-corrected chi connectivity index (χ3v) is 3.86. The molecule has 0 fully saturated rings. The van der Waals surface area contributed by atoms with Gasteiger partial charge < -0.3 is 20.1 Å². The molecule has 2 aromatic carbocycles. The first-order valence-corrected chi connectivity index (χ1v) is 9.01. The van der Waals surface area contributed by atoms with Gasteiger partial charge in [0.2, 0.25) is 0 Å². The lowest BCUT2D eigenvalue weighted by molar-refractivity contribution is 0.0527. The molecule has 2 aromatic rings. The second-order valence-corrected chi connectivity index (χ2v) is 5.93. The highest BCUT2D eigenvalue weighted by Crippen LogP contribution is 2.07. The first kappa shape index (κ1) is 20.8. The SMILES string of the molecule is O=Cc1ccc(CNCCOCCOCCNc2ccc(C=O)cc2)cc1. The van der Waals surface area contributed by atoms with Crippen LogP contribution in [0.2, 0.25) is 0 Å². The van der Waals surface area contributed by atoms with Crippen LogP contribution >= 0.6 is 0 Å². The Kier molecular flexibility index (Phi) is 9.81. The molecule has 0 saturated carbocycles. The Hall–Kier alpha value is -2.54. The first-order valence-electron chi connectivity index (χ1n) is 9.01. The summed E-state index contributed by atoms with van der Waals surface area (Å²) in [5, 5.41) is 6.52. The van der Waals surface area contributed by atoms with Crippen molar-refractivity contribution in [2.75, 3.05) is 44.8 Å². The minimum absolute atomic E-state index is 0.554. The Morgan fingerprint density at radius 1 is 0.704 bits per heavy atom. The third kappa shape index (κ3) is 8.59. The van der Waals surface area contributed by atoms with E-state index in [1.54, 1.807) is 12.1 Å². The number of rotatable bonds is 14. The van der Waals surface area contributed by atoms with E-state index in [9.17, 15) is 9.59 Å². The van der Waals surface area contributed by atoms with Crippen LogP contribution in [0.1, 0.15) is 26.3 Å². The van der Waals surface area contributed by atoms with Crippen molar-refractivity contribution < 1.29 is 19.1 Å². The fourth-order valence-electron chi connectivity index (χ4n) is 2.36. The number of nitrogens with one attached hydrogen (secondary N) is 2. The molecule has 0 spiro atoms. The van der Waals surface area contributed by atoms with Gasteiger partial charge in [-0.3, -0.25) is 9.59 Å². The third-order valence-electron chi connectivity index (χ3n) is 3.86. The van der Waals surface area contributed by atoms with Gasteiger partial charge in [0.05, 0.1) is 26.4 Å². The topological polar surface area (TPSA) is 76.7 Å². The summed E-state index contributed by atoms with van der Waals surface area (Å²) in [6.07, 6.45) is 1.67. The molecule has 0 bridgehead atoms. The van der Waals surface area contributed by atoms with Crippen LogP contribution in [0.3, 0.4) is 0 Å². The molecule has 6 nitrogen and oxygen atoms in total. The van der Waals surface area contributed by atoms with Crippen LogP contribution in [-0.4, -0.2) is 52.1 Å². The molecular weight excluding hydrogens is 344 g/mol. The van der Waals surface area contributed by atoms with Crippen molar-refractivity contribution in [2.45, 2.75) is 6.54 Å². The minimum atomic E-state index is 0.554. The summed E-state index contributed by atoms with van der Waals surface area (Å²) < 4.78 is 11.0. The summed E-state index contributed by atoms with van der Waals surface area (Å²) in [4.78, 5) is 21.2. The van der Waals surface area contributed by atoms with Crippen molar-refractivity contribution in [3.63, 3.8) is 0 Å². The van der Waals surface area contributed by atoms with Gasteiger partial charge in [-0.2, -0.15) is 0 Å². The van der Waals surface area contributed by atoms with E-state index in [1.165, 1.54) is 0 Å². The predicted octanol–water partition coefficient (Wildman–Crippen LogP) is 2.55. The molecule has 27 heavy (non-hydrogen) atoms. The number of hydrogen-bond donors (Lipinski definition) is 2. The number of ether oxygens (including phenoxy) is 2. The number of carbonyl (C=O) groups excluding carboxylic acids is 2. The van der Waals surface area contributed by atoms with E-state index in [1.807, 2.05) is 36.4 Å². The van der Waals surface area contributed by atoms with Gasteiger partial charge in [-0.05, 0) is 29.8 Å². The fraction of sp³-hybridized carbons (Fsp3) is 0.333. The normalized spacial score (nSPS) is 10.5. The Bertz CT molecular complexity index is 612. The van der Waals surface area contributed by atoms with E-state index in [-0.39, 0.29) is 0 Å². The van der Waals surface area contributed by atoms with Crippen LogP contribution in [0.4, 0.5) is 5.69 Å². The highest BCUT2D eigenvalue weighted by molar-refractivity contribution is 5.75. The smallest absolute Gasteiger partial charge is 0.150 e. The molecule has 0 radical (unpaired) electrons. The maximum Gasteiger partial charge on any atom is 0.150 e. The number of anilines is 1. The Labute approximate surface area is 159 Å². The Balaban J connectivity index is 1.39. The maximum absolute atomic E-state index is 10.6. The van der Waals surface area contributed by atoms with Crippen LogP contribution in [0.5, 0.6) is 0 Å². The number of aldehydes is 2. The maximum atomic E-state index is 10.6. The van der Waals surface area contributed by atoms with E-state index in [4.69, 9.17) is 9.47 Å². The van der Waals surface area contributed by atoms with Crippen LogP contribution < -0.4 is 10.6 Å². The van der Waals surface area contributed by atoms with Gasteiger partial charge in [-0.15, -0.1) is 0 Å². The van der Waals surface area contributed by atoms with Crippen LogP contribution in [0.25, 0.3) is 0 Å². The van der Waals surface area contributed by atoms with Gasteiger partial charge in [-0.25, -0.2) is 0 Å². The lowest BCUT2D eigenvalue weighted by Gasteiger charge is -2.09. The second kappa shape index (κ2) is 12.8. The summed E-state index contributed by atoms with van der Waals surface area (Å²) in [7, 11) is 0. The highest BCUT2D eigenvalue weighted by atomic mass is 16.5. The highest BCUT2D eigenvalue weighted by Gasteiger charge is 1.96. The fourth-order valence-corrected chi connectivity index (χ4v) is 2.36. The second-order valence-electron chi connectivity index (χ2n) is 5.93. The summed E-state index contributed by atoms with van der Waals surface area (Å²) in [5.41, 5.74) is 3.46. The Morgan fingerprint density at radius 2 is 1.26 bits per heavy atom. The summed E-state index contributed by atoms with van der Waals surface area (Å²) >= 11 is 0. The molecule has 0 aliphatic carbocycles. The summed E-state index contributed by atoms with van der Waals surface area (Å²) in [6.45, 7) is 4.53. The lowest BCUT2D eigenvalue weighted by atomic mass is 10.1. The van der Waals surface area contributed by atoms with Crippen molar-refractivity contribution in [2.24, 2.45) is 0 Å². The molecule has 0 atom stereocenters. The predicted molar refractivity (Wildman–Crippen MR) is 105 cm³/mol. The zero-order valence-electron chi connectivity index (χ0n) is 15.4. The minimum Gasteiger partial charge on any atom is -0.383 e. The molecule has 0 aromatic heterocycles. The van der Waals surface area contributed by atoms with Crippen LogP contribution in [-0.2, 0) is 16.0 Å². The average Bonchev–Trinajstić information content (AvgIpc) is 2.73. The van der Waals surface area contributed by atoms with Gasteiger partial charge in [-0.1, -0.05) is 24.3 Å². The zero-order valence-corrected chi connectivity index (χ0v) is 15.4. The van der Waals surface area contributed by atoms with Gasteiger partial charge in [0.1, 0.15) is 12.6 Å². The molecule has 144 valence electrons. The van der Waals surface area contributed by atoms with Crippen molar-refractivity contribution in [3.8, 4) is 0 Å². The van der Waals surface area contributed by atoms with E-state index < -0.39 is 0 Å². The molecule has 2 rings (SSSR count). The molecule has 0 amide bonds. The van der Waals surface area contributed by atoms with E-state index in [0.717, 1.165) is 36.9 Å². The number of benzene rings is 2. The summed E-state index contributed by atoms with van der Waals surface area (Å²) in [6, 6.07) is 14.8. The first-order chi connectivity index (χ1) is 13.3. The Morgan fingerprint density at radius 3 is 1.85 bits per heavy atom. The molecule has 0 heterocycles. The van der Waals surface area contributed by atoms with Crippen molar-refractivity contribution in [3.05, 3.63) is 65.2 Å². The molecule has 0 saturated heterocycles. The molecule has 0 aliphatic rings. The van der Waals surface area contributed by atoms with E-state index in [0.29, 0.717) is 44.1 Å². The van der Waals surface area contributed by atoms with Gasteiger partial charge >= 0.3 is 0 Å². The van der Waals surface area contributed by atoms with Gasteiger partial charge in [0, 0.05) is 36.4 Å². The van der Waals surface area contributed by atoms with Crippen molar-refractivity contribution >= 4 is 18.3 Å². The van der Waals surface area contributed by atoms with Gasteiger partial charge in [0.15, 0.2) is 0 Å². The quantitative estimate of drug-likeness (QED) is 0.393. The van der Waals surface area contributed by atoms with Gasteiger partial charge in [0.25, 0.3) is 0 Å². The lowest BCUT2D eigenvalue weighted by Crippen LogP contribution is -2.20. The van der Waals surface area contributed by atoms with E-state index in [2.05, 4.69) is 10.6 Å². The number of carbonyl (C=O) groups is 2. The standard InChI is InChI=1S/C21H26N2O4/c24-16-19-3-1-18(2-4-19)15-22-9-11-26-13-14-27-12-10-23-21-7-5-20(17-25)6-8-21/h1-8,16-17,22-23H,9-15H2. The molecule has 6 heteroatoms.